The zero-order chi connectivity index (χ0) is 13.0. The predicted molar refractivity (Wildman–Crippen MR) is 69.9 cm³/mol. The Kier molecular flexibility index (Phi) is 3.47. The third kappa shape index (κ3) is 2.79. The lowest BCUT2D eigenvalue weighted by Gasteiger charge is -2.07. The Morgan fingerprint density at radius 2 is 2.11 bits per heavy atom. The van der Waals surface area contributed by atoms with Gasteiger partial charge in [-0.25, -0.2) is 4.79 Å². The quantitative estimate of drug-likeness (QED) is 0.762. The van der Waals surface area contributed by atoms with Crippen molar-refractivity contribution in [1.29, 1.82) is 0 Å². The number of nitrogen functional groups attached to an aromatic ring is 1. The average molecular weight is 245 g/mol. The summed E-state index contributed by atoms with van der Waals surface area (Å²) in [6.07, 6.45) is 1.64. The fourth-order valence-electron chi connectivity index (χ4n) is 1.50. The molecule has 0 bridgehead atoms. The Morgan fingerprint density at radius 1 is 1.39 bits per heavy atom. The number of nitrogens with two attached hydrogens (primary N) is 1. The van der Waals surface area contributed by atoms with Crippen LogP contribution in [0, 0.1) is 0 Å². The molecule has 0 aliphatic heterocycles. The van der Waals surface area contributed by atoms with Crippen LogP contribution in [0.2, 0.25) is 0 Å². The number of urea groups is 1. The first-order chi connectivity index (χ1) is 8.66. The van der Waals surface area contributed by atoms with Gasteiger partial charge in [0, 0.05) is 24.8 Å². The van der Waals surface area contributed by atoms with E-state index >= 15 is 0 Å². The van der Waals surface area contributed by atoms with E-state index in [4.69, 9.17) is 5.73 Å². The molecule has 0 saturated heterocycles. The molecule has 2 aromatic rings. The number of hydrogen-bond acceptors (Lipinski definition) is 3. The highest BCUT2D eigenvalue weighted by Crippen LogP contribution is 2.09. The maximum Gasteiger partial charge on any atom is 0.319 e. The van der Waals surface area contributed by atoms with Crippen molar-refractivity contribution < 1.29 is 4.79 Å². The van der Waals surface area contributed by atoms with Crippen molar-refractivity contribution in [3.8, 4) is 0 Å². The van der Waals surface area contributed by atoms with Gasteiger partial charge in [0.05, 0.1) is 6.20 Å². The zero-order valence-electron chi connectivity index (χ0n) is 10.1. The number of para-hydroxylation sites is 1. The normalized spacial score (nSPS) is 10.1. The highest BCUT2D eigenvalue weighted by atomic mass is 16.2. The van der Waals surface area contributed by atoms with Crippen LogP contribution >= 0.6 is 0 Å². The maximum atomic E-state index is 11.6. The second kappa shape index (κ2) is 5.22. The molecular weight excluding hydrogens is 230 g/mol. The first kappa shape index (κ1) is 12.0. The molecule has 2 amide bonds. The van der Waals surface area contributed by atoms with Gasteiger partial charge in [0.2, 0.25) is 0 Å². The summed E-state index contributed by atoms with van der Waals surface area (Å²) >= 11 is 0. The van der Waals surface area contributed by atoms with Crippen molar-refractivity contribution in [3.63, 3.8) is 0 Å². The summed E-state index contributed by atoms with van der Waals surface area (Å²) in [4.78, 5) is 11.6. The third-order valence-electron chi connectivity index (χ3n) is 2.54. The molecule has 0 aliphatic carbocycles. The molecule has 1 aromatic heterocycles. The van der Waals surface area contributed by atoms with Gasteiger partial charge >= 0.3 is 6.03 Å². The van der Waals surface area contributed by atoms with Crippen LogP contribution in [-0.2, 0) is 13.6 Å². The number of anilines is 2. The largest absolute Gasteiger partial charge is 0.384 e. The van der Waals surface area contributed by atoms with Gasteiger partial charge in [-0.3, -0.25) is 4.68 Å². The summed E-state index contributed by atoms with van der Waals surface area (Å²) in [5.74, 6) is 0.551. The minimum atomic E-state index is -0.274. The van der Waals surface area contributed by atoms with Crippen molar-refractivity contribution >= 4 is 17.5 Å². The molecule has 94 valence electrons. The van der Waals surface area contributed by atoms with Crippen LogP contribution in [0.15, 0.2) is 36.5 Å². The van der Waals surface area contributed by atoms with Gasteiger partial charge in [0.15, 0.2) is 0 Å². The molecule has 0 unspecified atom stereocenters. The summed E-state index contributed by atoms with van der Waals surface area (Å²) in [5, 5.41) is 9.44. The van der Waals surface area contributed by atoms with Crippen LogP contribution < -0.4 is 16.4 Å². The third-order valence-corrected chi connectivity index (χ3v) is 2.54. The molecule has 0 fully saturated rings. The van der Waals surface area contributed by atoms with Gasteiger partial charge in [-0.15, -0.1) is 0 Å². The molecular formula is C12H15N5O. The lowest BCUT2D eigenvalue weighted by Crippen LogP contribution is -2.28. The molecule has 0 aliphatic rings. The minimum Gasteiger partial charge on any atom is -0.384 e. The molecule has 4 N–H and O–H groups in total. The van der Waals surface area contributed by atoms with Crippen molar-refractivity contribution in [3.05, 3.63) is 42.1 Å². The highest BCUT2D eigenvalue weighted by molar-refractivity contribution is 5.89. The maximum absolute atomic E-state index is 11.6. The number of aryl methyl sites for hydroxylation is 1. The van der Waals surface area contributed by atoms with Gasteiger partial charge in [-0.2, -0.15) is 5.10 Å². The van der Waals surface area contributed by atoms with Crippen LogP contribution in [0.4, 0.5) is 16.3 Å². The fraction of sp³-hybridized carbons (Fsp3) is 0.167. The molecule has 0 radical (unpaired) electrons. The number of hydrogen-bond donors (Lipinski definition) is 3. The van der Waals surface area contributed by atoms with Crippen LogP contribution in [0.25, 0.3) is 0 Å². The van der Waals surface area contributed by atoms with E-state index in [1.54, 1.807) is 17.9 Å². The highest BCUT2D eigenvalue weighted by Gasteiger charge is 2.06. The Bertz CT molecular complexity index is 535. The number of aromatic nitrogens is 2. The van der Waals surface area contributed by atoms with Gasteiger partial charge in [-0.1, -0.05) is 18.2 Å². The number of amides is 2. The number of benzene rings is 1. The van der Waals surface area contributed by atoms with E-state index in [2.05, 4.69) is 15.7 Å². The fourth-order valence-corrected chi connectivity index (χ4v) is 1.50. The molecule has 0 saturated carbocycles. The second-order valence-electron chi connectivity index (χ2n) is 3.85. The van der Waals surface area contributed by atoms with E-state index in [0.29, 0.717) is 12.4 Å². The van der Waals surface area contributed by atoms with E-state index in [1.165, 1.54) is 0 Å². The van der Waals surface area contributed by atoms with Gasteiger partial charge in [0.25, 0.3) is 0 Å². The second-order valence-corrected chi connectivity index (χ2v) is 3.85. The summed E-state index contributed by atoms with van der Waals surface area (Å²) in [6.45, 7) is 0.346. The van der Waals surface area contributed by atoms with Crippen molar-refractivity contribution in [2.75, 3.05) is 11.1 Å². The Balaban J connectivity index is 1.87. The topological polar surface area (TPSA) is 85.0 Å². The van der Waals surface area contributed by atoms with Gasteiger partial charge < -0.3 is 16.4 Å². The van der Waals surface area contributed by atoms with E-state index in [0.717, 1.165) is 11.3 Å². The Hall–Kier alpha value is -2.50. The summed E-state index contributed by atoms with van der Waals surface area (Å²) in [6, 6.07) is 8.96. The first-order valence-electron chi connectivity index (χ1n) is 5.53. The number of rotatable bonds is 3. The van der Waals surface area contributed by atoms with Gasteiger partial charge in [0.1, 0.15) is 5.82 Å². The predicted octanol–water partition coefficient (Wildman–Crippen LogP) is 1.32. The SMILES string of the molecule is Cn1ncc(CNC(=O)Nc2ccccc2)c1N. The molecule has 18 heavy (non-hydrogen) atoms. The molecule has 1 aromatic carbocycles. The molecule has 0 spiro atoms. The number of carbonyl (C=O) groups is 1. The number of nitrogens with one attached hydrogen (secondary N) is 2. The first-order valence-corrected chi connectivity index (χ1v) is 5.53. The lowest BCUT2D eigenvalue weighted by molar-refractivity contribution is 0.252. The molecule has 6 heteroatoms. The Labute approximate surface area is 105 Å². The smallest absolute Gasteiger partial charge is 0.319 e. The van der Waals surface area contributed by atoms with Crippen molar-refractivity contribution in [1.82, 2.24) is 15.1 Å². The lowest BCUT2D eigenvalue weighted by atomic mass is 10.3. The van der Waals surface area contributed by atoms with E-state index in [9.17, 15) is 4.79 Å². The van der Waals surface area contributed by atoms with Crippen molar-refractivity contribution in [2.45, 2.75) is 6.54 Å². The monoisotopic (exact) mass is 245 g/mol. The standard InChI is InChI=1S/C12H15N5O/c1-17-11(13)9(8-15-17)7-14-12(18)16-10-5-3-2-4-6-10/h2-6,8H,7,13H2,1H3,(H2,14,16,18). The summed E-state index contributed by atoms with van der Waals surface area (Å²) in [5.41, 5.74) is 7.31. The molecule has 1 heterocycles. The zero-order valence-corrected chi connectivity index (χ0v) is 10.1. The Morgan fingerprint density at radius 3 is 2.72 bits per heavy atom. The molecule has 0 atom stereocenters. The van der Waals surface area contributed by atoms with Gasteiger partial charge in [-0.05, 0) is 12.1 Å². The number of carbonyl (C=O) groups excluding carboxylic acids is 1. The van der Waals surface area contributed by atoms with E-state index in [1.807, 2.05) is 30.3 Å². The van der Waals surface area contributed by atoms with E-state index < -0.39 is 0 Å². The van der Waals surface area contributed by atoms with Crippen LogP contribution in [0.5, 0.6) is 0 Å². The molecule has 2 rings (SSSR count). The minimum absolute atomic E-state index is 0.274. The summed E-state index contributed by atoms with van der Waals surface area (Å²) < 4.78 is 1.56. The van der Waals surface area contributed by atoms with E-state index in [-0.39, 0.29) is 6.03 Å². The summed E-state index contributed by atoms with van der Waals surface area (Å²) in [7, 11) is 1.75. The van der Waals surface area contributed by atoms with Crippen LogP contribution in [0.3, 0.4) is 0 Å². The van der Waals surface area contributed by atoms with Crippen LogP contribution in [0.1, 0.15) is 5.56 Å². The number of nitrogens with zero attached hydrogens (tertiary/aromatic N) is 2. The average Bonchev–Trinajstić information content (AvgIpc) is 2.69. The molecule has 6 nitrogen and oxygen atoms in total. The van der Waals surface area contributed by atoms with Crippen molar-refractivity contribution in [2.24, 2.45) is 7.05 Å². The van der Waals surface area contributed by atoms with Crippen LogP contribution in [-0.4, -0.2) is 15.8 Å².